The molecule has 3 aliphatic rings. The number of halogens is 1. The predicted molar refractivity (Wildman–Crippen MR) is 104 cm³/mol. The van der Waals surface area contributed by atoms with Gasteiger partial charge in [0, 0.05) is 10.7 Å². The van der Waals surface area contributed by atoms with Crippen LogP contribution in [0.15, 0.2) is 66.7 Å². The molecule has 2 fully saturated rings. The molecule has 2 saturated heterocycles. The highest BCUT2D eigenvalue weighted by molar-refractivity contribution is 6.30. The highest BCUT2D eigenvalue weighted by atomic mass is 35.5. The first-order valence-electron chi connectivity index (χ1n) is 9.22. The first-order chi connectivity index (χ1) is 13.6. The van der Waals surface area contributed by atoms with E-state index in [1.807, 2.05) is 42.5 Å². The van der Waals surface area contributed by atoms with Crippen LogP contribution in [0.3, 0.4) is 0 Å². The minimum atomic E-state index is -0.766. The van der Waals surface area contributed by atoms with Crippen LogP contribution >= 0.6 is 11.6 Å². The fourth-order valence-corrected chi connectivity index (χ4v) is 4.56. The molecule has 2 aromatic rings. The molecule has 142 valence electrons. The Morgan fingerprint density at radius 1 is 1.18 bits per heavy atom. The predicted octanol–water partition coefficient (Wildman–Crippen LogP) is 3.37. The monoisotopic (exact) mass is 395 g/mol. The quantitative estimate of drug-likeness (QED) is 0.588. The second kappa shape index (κ2) is 6.47. The Kier molecular flexibility index (Phi) is 4.03. The van der Waals surface area contributed by atoms with Gasteiger partial charge in [0.25, 0.3) is 0 Å². The van der Waals surface area contributed by atoms with Gasteiger partial charge in [0.2, 0.25) is 5.91 Å². The van der Waals surface area contributed by atoms with E-state index in [-0.39, 0.29) is 12.5 Å². The lowest BCUT2D eigenvalue weighted by Crippen LogP contribution is -2.40. The molecule has 2 aromatic carbocycles. The maximum Gasteiger partial charge on any atom is 0.313 e. The second-order valence-corrected chi connectivity index (χ2v) is 7.83. The summed E-state index contributed by atoms with van der Waals surface area (Å²) in [6.45, 7) is 0.564. The molecule has 0 unspecified atom stereocenters. The van der Waals surface area contributed by atoms with E-state index in [0.717, 1.165) is 11.3 Å². The minimum Gasteiger partial charge on any atom is -0.460 e. The lowest BCUT2D eigenvalue weighted by Gasteiger charge is -2.22. The summed E-state index contributed by atoms with van der Waals surface area (Å²) in [6.07, 6.45) is 3.39. The molecule has 1 spiro atoms. The van der Waals surface area contributed by atoms with Crippen LogP contribution in [0, 0.1) is 11.8 Å². The van der Waals surface area contributed by atoms with Gasteiger partial charge in [-0.2, -0.15) is 0 Å². The summed E-state index contributed by atoms with van der Waals surface area (Å²) in [5.74, 6) is -1.70. The molecule has 2 bridgehead atoms. The molecule has 3 aliphatic heterocycles. The van der Waals surface area contributed by atoms with Crippen LogP contribution in [0.5, 0.6) is 0 Å². The van der Waals surface area contributed by atoms with E-state index in [1.165, 1.54) is 0 Å². The van der Waals surface area contributed by atoms with Gasteiger partial charge < -0.3 is 14.4 Å². The molecule has 0 aliphatic carbocycles. The molecular formula is C22H18ClNO4. The fourth-order valence-electron chi connectivity index (χ4n) is 4.43. The molecular weight excluding hydrogens is 378 g/mol. The normalized spacial score (nSPS) is 30.0. The number of fused-ring (bicyclic) bond motifs is 1. The third-order valence-corrected chi connectivity index (χ3v) is 5.99. The number of anilines is 1. The van der Waals surface area contributed by atoms with Gasteiger partial charge >= 0.3 is 5.97 Å². The van der Waals surface area contributed by atoms with Gasteiger partial charge in [-0.3, -0.25) is 9.59 Å². The molecule has 1 amide bonds. The highest BCUT2D eigenvalue weighted by Crippen LogP contribution is 2.53. The largest absolute Gasteiger partial charge is 0.460 e. The molecule has 6 heteroatoms. The smallest absolute Gasteiger partial charge is 0.313 e. The van der Waals surface area contributed by atoms with Crippen molar-refractivity contribution in [1.29, 1.82) is 0 Å². The van der Waals surface area contributed by atoms with Gasteiger partial charge in [0.1, 0.15) is 18.1 Å². The zero-order valence-electron chi connectivity index (χ0n) is 15.0. The van der Waals surface area contributed by atoms with E-state index in [1.54, 1.807) is 29.2 Å². The third kappa shape index (κ3) is 2.65. The van der Waals surface area contributed by atoms with Crippen molar-refractivity contribution in [3.8, 4) is 0 Å². The maximum absolute atomic E-state index is 13.2. The molecule has 0 aromatic heterocycles. The number of ether oxygens (including phenoxy) is 2. The van der Waals surface area contributed by atoms with Gasteiger partial charge in [-0.15, -0.1) is 0 Å². The summed E-state index contributed by atoms with van der Waals surface area (Å²) in [5.41, 5.74) is 0.887. The summed E-state index contributed by atoms with van der Waals surface area (Å²) in [5, 5.41) is 0.605. The van der Waals surface area contributed by atoms with Crippen molar-refractivity contribution in [2.24, 2.45) is 11.8 Å². The highest BCUT2D eigenvalue weighted by Gasteiger charge is 2.67. The molecule has 4 atom stereocenters. The van der Waals surface area contributed by atoms with Crippen LogP contribution in [0.25, 0.3) is 0 Å². The number of hydrogen-bond acceptors (Lipinski definition) is 4. The SMILES string of the molecule is O=C(OCc1ccccc1)[C@@H]1[C@@H]2C=C[C@]3(CN(c4ccc(Cl)cc4)C(=O)[C@H]13)O2. The Hall–Kier alpha value is -2.63. The molecule has 0 saturated carbocycles. The van der Waals surface area contributed by atoms with Gasteiger partial charge in [0.05, 0.1) is 18.6 Å². The number of benzene rings is 2. The molecule has 5 rings (SSSR count). The molecule has 28 heavy (non-hydrogen) atoms. The van der Waals surface area contributed by atoms with E-state index in [0.29, 0.717) is 11.6 Å². The Bertz CT molecular complexity index is 958. The van der Waals surface area contributed by atoms with Crippen LogP contribution in [-0.2, 0) is 25.7 Å². The van der Waals surface area contributed by atoms with Crippen LogP contribution < -0.4 is 4.90 Å². The molecule has 0 radical (unpaired) electrons. The zero-order chi connectivity index (χ0) is 19.3. The summed E-state index contributed by atoms with van der Waals surface area (Å²) in [6, 6.07) is 16.6. The van der Waals surface area contributed by atoms with E-state index >= 15 is 0 Å². The van der Waals surface area contributed by atoms with Crippen LogP contribution in [0.4, 0.5) is 5.69 Å². The standard InChI is InChI=1S/C22H18ClNO4/c23-15-6-8-16(9-7-15)24-13-22-11-10-17(28-22)18(19(22)20(24)25)21(26)27-12-14-4-2-1-3-5-14/h1-11,17-19H,12-13H2/t17-,18+,19-,22+/m0/s1. The maximum atomic E-state index is 13.2. The van der Waals surface area contributed by atoms with Gasteiger partial charge in [-0.25, -0.2) is 0 Å². The number of esters is 1. The van der Waals surface area contributed by atoms with Crippen LogP contribution in [0.2, 0.25) is 5.02 Å². The fraction of sp³-hybridized carbons (Fsp3) is 0.273. The van der Waals surface area contributed by atoms with E-state index in [9.17, 15) is 9.59 Å². The molecule has 0 N–H and O–H groups in total. The lowest BCUT2D eigenvalue weighted by molar-refractivity contribution is -0.153. The summed E-state index contributed by atoms with van der Waals surface area (Å²) in [4.78, 5) is 27.7. The lowest BCUT2D eigenvalue weighted by atomic mass is 9.77. The van der Waals surface area contributed by atoms with Crippen molar-refractivity contribution in [3.05, 3.63) is 77.3 Å². The second-order valence-electron chi connectivity index (χ2n) is 7.39. The first kappa shape index (κ1) is 17.5. The number of rotatable bonds is 4. The molecule has 3 heterocycles. The number of nitrogens with zero attached hydrogens (tertiary/aromatic N) is 1. The minimum absolute atomic E-state index is 0.115. The number of amides is 1. The summed E-state index contributed by atoms with van der Waals surface area (Å²) < 4.78 is 11.6. The van der Waals surface area contributed by atoms with E-state index < -0.39 is 29.5 Å². The van der Waals surface area contributed by atoms with Crippen molar-refractivity contribution in [3.63, 3.8) is 0 Å². The Morgan fingerprint density at radius 3 is 2.68 bits per heavy atom. The average molecular weight is 396 g/mol. The van der Waals surface area contributed by atoms with E-state index in [2.05, 4.69) is 0 Å². The Labute approximate surface area is 167 Å². The third-order valence-electron chi connectivity index (χ3n) is 5.73. The van der Waals surface area contributed by atoms with Gasteiger partial charge in [-0.1, -0.05) is 54.1 Å². The zero-order valence-corrected chi connectivity index (χ0v) is 15.7. The Morgan fingerprint density at radius 2 is 1.93 bits per heavy atom. The van der Waals surface area contributed by atoms with E-state index in [4.69, 9.17) is 21.1 Å². The van der Waals surface area contributed by atoms with Crippen molar-refractivity contribution in [1.82, 2.24) is 0 Å². The van der Waals surface area contributed by atoms with Crippen LogP contribution in [0.1, 0.15) is 5.56 Å². The van der Waals surface area contributed by atoms with Crippen molar-refractivity contribution < 1.29 is 19.1 Å². The topological polar surface area (TPSA) is 55.8 Å². The summed E-state index contributed by atoms with van der Waals surface area (Å²) >= 11 is 5.96. The number of hydrogen-bond donors (Lipinski definition) is 0. The van der Waals surface area contributed by atoms with Crippen molar-refractivity contribution in [2.75, 3.05) is 11.4 Å². The van der Waals surface area contributed by atoms with Gasteiger partial charge in [0.15, 0.2) is 0 Å². The Balaban J connectivity index is 1.38. The van der Waals surface area contributed by atoms with Crippen LogP contribution in [-0.4, -0.2) is 30.1 Å². The number of carbonyl (C=O) groups excluding carboxylic acids is 2. The summed E-state index contributed by atoms with van der Waals surface area (Å²) in [7, 11) is 0. The molecule has 5 nitrogen and oxygen atoms in total. The van der Waals surface area contributed by atoms with Crippen molar-refractivity contribution >= 4 is 29.2 Å². The number of carbonyl (C=O) groups is 2. The van der Waals surface area contributed by atoms with Crippen molar-refractivity contribution in [2.45, 2.75) is 18.3 Å². The average Bonchev–Trinajstić information content (AvgIpc) is 3.36. The first-order valence-corrected chi connectivity index (χ1v) is 9.60. The van der Waals surface area contributed by atoms with Gasteiger partial charge in [-0.05, 0) is 29.8 Å².